The molecule has 4 nitrogen and oxygen atoms in total. The number of nitrogens with one attached hydrogen (secondary N) is 1. The van der Waals surface area contributed by atoms with E-state index in [1.807, 2.05) is 6.92 Å². The highest BCUT2D eigenvalue weighted by atomic mass is 16.1. The molecule has 1 aromatic carbocycles. The summed E-state index contributed by atoms with van der Waals surface area (Å²) in [5, 5.41) is 3.37. The maximum atomic E-state index is 11.3. The SMILES string of the molecule is CCNCc1ccc(CN2CCN(CCCCC(=O)CC)CC2)cc1. The maximum absolute atomic E-state index is 11.3. The van der Waals surface area contributed by atoms with Crippen LogP contribution in [0, 0.1) is 0 Å². The number of unbranched alkanes of at least 4 members (excludes halogenated alkanes) is 1. The van der Waals surface area contributed by atoms with E-state index in [0.29, 0.717) is 12.2 Å². The molecule has 25 heavy (non-hydrogen) atoms. The summed E-state index contributed by atoms with van der Waals surface area (Å²) in [4.78, 5) is 16.4. The van der Waals surface area contributed by atoms with Gasteiger partial charge in [0.25, 0.3) is 0 Å². The van der Waals surface area contributed by atoms with Crippen molar-refractivity contribution in [2.75, 3.05) is 39.3 Å². The summed E-state index contributed by atoms with van der Waals surface area (Å²) in [7, 11) is 0. The van der Waals surface area contributed by atoms with E-state index in [1.165, 1.54) is 11.1 Å². The van der Waals surface area contributed by atoms with Gasteiger partial charge in [0.2, 0.25) is 0 Å². The third-order valence-electron chi connectivity index (χ3n) is 5.05. The first-order chi connectivity index (χ1) is 12.2. The topological polar surface area (TPSA) is 35.6 Å². The fraction of sp³-hybridized carbons (Fsp3) is 0.667. The van der Waals surface area contributed by atoms with Gasteiger partial charge < -0.3 is 10.2 Å². The molecule has 140 valence electrons. The van der Waals surface area contributed by atoms with Crippen molar-refractivity contribution in [3.05, 3.63) is 35.4 Å². The average Bonchev–Trinajstić information content (AvgIpc) is 2.65. The number of rotatable bonds is 11. The van der Waals surface area contributed by atoms with Crippen LogP contribution in [0.1, 0.15) is 50.7 Å². The average molecular weight is 346 g/mol. The summed E-state index contributed by atoms with van der Waals surface area (Å²) in [5.74, 6) is 0.404. The lowest BCUT2D eigenvalue weighted by molar-refractivity contribution is -0.118. The van der Waals surface area contributed by atoms with Gasteiger partial charge in [-0.25, -0.2) is 0 Å². The first-order valence-corrected chi connectivity index (χ1v) is 9.96. The maximum Gasteiger partial charge on any atom is 0.132 e. The van der Waals surface area contributed by atoms with E-state index in [1.54, 1.807) is 0 Å². The zero-order valence-corrected chi connectivity index (χ0v) is 16.1. The van der Waals surface area contributed by atoms with E-state index in [-0.39, 0.29) is 0 Å². The minimum Gasteiger partial charge on any atom is -0.313 e. The van der Waals surface area contributed by atoms with Crippen LogP contribution < -0.4 is 5.32 Å². The molecule has 1 aromatic rings. The molecular weight excluding hydrogens is 310 g/mol. The Bertz CT molecular complexity index is 492. The molecule has 0 atom stereocenters. The van der Waals surface area contributed by atoms with E-state index >= 15 is 0 Å². The van der Waals surface area contributed by atoms with Crippen LogP contribution in [-0.4, -0.2) is 54.9 Å². The molecule has 0 bridgehead atoms. The van der Waals surface area contributed by atoms with Crippen LogP contribution in [0.3, 0.4) is 0 Å². The van der Waals surface area contributed by atoms with Gasteiger partial charge in [0.15, 0.2) is 0 Å². The van der Waals surface area contributed by atoms with Crippen LogP contribution >= 0.6 is 0 Å². The highest BCUT2D eigenvalue weighted by Gasteiger charge is 2.16. The number of carbonyl (C=O) groups excluding carboxylic acids is 1. The molecule has 0 radical (unpaired) electrons. The molecule has 0 spiro atoms. The second-order valence-corrected chi connectivity index (χ2v) is 7.06. The van der Waals surface area contributed by atoms with Gasteiger partial charge >= 0.3 is 0 Å². The smallest absolute Gasteiger partial charge is 0.132 e. The Kier molecular flexibility index (Phi) is 9.16. The first kappa shape index (κ1) is 20.1. The summed E-state index contributed by atoms with van der Waals surface area (Å²) < 4.78 is 0. The van der Waals surface area contributed by atoms with E-state index in [2.05, 4.69) is 46.3 Å². The Balaban J connectivity index is 1.62. The monoisotopic (exact) mass is 345 g/mol. The number of ketones is 1. The molecule has 1 fully saturated rings. The number of carbonyl (C=O) groups is 1. The van der Waals surface area contributed by atoms with Gasteiger partial charge in [0.05, 0.1) is 0 Å². The number of hydrogen-bond donors (Lipinski definition) is 1. The molecule has 0 amide bonds. The van der Waals surface area contributed by atoms with E-state index in [0.717, 1.165) is 71.6 Å². The Morgan fingerprint density at radius 1 is 0.960 bits per heavy atom. The third-order valence-corrected chi connectivity index (χ3v) is 5.05. The van der Waals surface area contributed by atoms with E-state index in [4.69, 9.17) is 0 Å². The van der Waals surface area contributed by atoms with Gasteiger partial charge in [0, 0.05) is 52.1 Å². The number of Topliss-reactive ketones (excluding diaryl/α,β-unsaturated/α-hetero) is 1. The van der Waals surface area contributed by atoms with Crippen LogP contribution in [0.4, 0.5) is 0 Å². The van der Waals surface area contributed by atoms with Crippen molar-refractivity contribution < 1.29 is 4.79 Å². The van der Waals surface area contributed by atoms with Crippen molar-refractivity contribution in [2.24, 2.45) is 0 Å². The normalized spacial score (nSPS) is 16.2. The number of benzene rings is 1. The Labute approximate surface area is 153 Å². The second kappa shape index (κ2) is 11.4. The molecule has 1 saturated heterocycles. The minimum atomic E-state index is 0.404. The lowest BCUT2D eigenvalue weighted by Crippen LogP contribution is -2.46. The number of hydrogen-bond acceptors (Lipinski definition) is 4. The first-order valence-electron chi connectivity index (χ1n) is 9.96. The lowest BCUT2D eigenvalue weighted by Gasteiger charge is -2.34. The molecule has 2 rings (SSSR count). The second-order valence-electron chi connectivity index (χ2n) is 7.06. The number of piperazine rings is 1. The van der Waals surface area contributed by atoms with Crippen molar-refractivity contribution in [3.8, 4) is 0 Å². The lowest BCUT2D eigenvalue weighted by atomic mass is 10.1. The van der Waals surface area contributed by atoms with Crippen molar-refractivity contribution in [3.63, 3.8) is 0 Å². The molecule has 4 heteroatoms. The van der Waals surface area contributed by atoms with Crippen molar-refractivity contribution in [1.29, 1.82) is 0 Å². The molecular formula is C21H35N3O. The summed E-state index contributed by atoms with van der Waals surface area (Å²) in [6.07, 6.45) is 3.65. The number of nitrogens with zero attached hydrogens (tertiary/aromatic N) is 2. The largest absolute Gasteiger partial charge is 0.313 e. The predicted octanol–water partition coefficient (Wildman–Crippen LogP) is 3.06. The molecule has 0 aromatic heterocycles. The van der Waals surface area contributed by atoms with Gasteiger partial charge in [-0.1, -0.05) is 38.1 Å². The minimum absolute atomic E-state index is 0.404. The molecule has 0 unspecified atom stereocenters. The van der Waals surface area contributed by atoms with Gasteiger partial charge in [-0.2, -0.15) is 0 Å². The fourth-order valence-corrected chi connectivity index (χ4v) is 3.30. The summed E-state index contributed by atoms with van der Waals surface area (Å²) >= 11 is 0. The highest BCUT2D eigenvalue weighted by Crippen LogP contribution is 2.11. The molecule has 1 N–H and O–H groups in total. The Morgan fingerprint density at radius 2 is 1.60 bits per heavy atom. The van der Waals surface area contributed by atoms with Crippen LogP contribution in [0.15, 0.2) is 24.3 Å². The van der Waals surface area contributed by atoms with Crippen molar-refractivity contribution in [1.82, 2.24) is 15.1 Å². The Morgan fingerprint density at radius 3 is 2.24 bits per heavy atom. The van der Waals surface area contributed by atoms with E-state index in [9.17, 15) is 4.79 Å². The standard InChI is InChI=1S/C21H35N3O/c1-3-21(25)7-5-6-12-23-13-15-24(16-14-23)18-20-10-8-19(9-11-20)17-22-4-2/h8-11,22H,3-7,12-18H2,1-2H3. The van der Waals surface area contributed by atoms with Crippen LogP contribution in [-0.2, 0) is 17.9 Å². The molecule has 0 aliphatic carbocycles. The molecule has 1 heterocycles. The summed E-state index contributed by atoms with van der Waals surface area (Å²) in [6.45, 7) is 12.9. The third kappa shape index (κ3) is 7.68. The van der Waals surface area contributed by atoms with E-state index < -0.39 is 0 Å². The summed E-state index contributed by atoms with van der Waals surface area (Å²) in [6, 6.07) is 9.02. The summed E-state index contributed by atoms with van der Waals surface area (Å²) in [5.41, 5.74) is 2.77. The van der Waals surface area contributed by atoms with Crippen molar-refractivity contribution in [2.45, 2.75) is 52.6 Å². The van der Waals surface area contributed by atoms with Gasteiger partial charge in [-0.05, 0) is 37.1 Å². The van der Waals surface area contributed by atoms with Crippen molar-refractivity contribution >= 4 is 5.78 Å². The van der Waals surface area contributed by atoms with Gasteiger partial charge in [0.1, 0.15) is 5.78 Å². The molecule has 0 saturated carbocycles. The van der Waals surface area contributed by atoms with Crippen LogP contribution in [0.25, 0.3) is 0 Å². The zero-order chi connectivity index (χ0) is 17.9. The van der Waals surface area contributed by atoms with Gasteiger partial charge in [-0.3, -0.25) is 9.69 Å². The zero-order valence-electron chi connectivity index (χ0n) is 16.1. The Hall–Kier alpha value is -1.23. The van der Waals surface area contributed by atoms with Gasteiger partial charge in [-0.15, -0.1) is 0 Å². The fourth-order valence-electron chi connectivity index (χ4n) is 3.30. The van der Waals surface area contributed by atoms with Crippen LogP contribution in [0.5, 0.6) is 0 Å². The quantitative estimate of drug-likeness (QED) is 0.625. The van der Waals surface area contributed by atoms with Crippen LogP contribution in [0.2, 0.25) is 0 Å². The molecule has 1 aliphatic rings. The predicted molar refractivity (Wildman–Crippen MR) is 105 cm³/mol. The highest BCUT2D eigenvalue weighted by molar-refractivity contribution is 5.77. The molecule has 1 aliphatic heterocycles.